The van der Waals surface area contributed by atoms with Crippen molar-refractivity contribution in [1.82, 2.24) is 5.16 Å². The molecular formula is C16H12F2N2O3S. The minimum absolute atomic E-state index is 0.0241. The number of primary sulfonamides is 1. The molecule has 2 aromatic carbocycles. The van der Waals surface area contributed by atoms with Gasteiger partial charge in [-0.25, -0.2) is 22.3 Å². The van der Waals surface area contributed by atoms with Gasteiger partial charge in [-0.3, -0.25) is 0 Å². The van der Waals surface area contributed by atoms with Crippen molar-refractivity contribution in [3.05, 3.63) is 60.4 Å². The lowest BCUT2D eigenvalue weighted by Gasteiger charge is -2.05. The number of halogens is 2. The van der Waals surface area contributed by atoms with Crippen molar-refractivity contribution in [3.8, 4) is 22.4 Å². The number of nitrogens with two attached hydrogens (primary N) is 1. The summed E-state index contributed by atoms with van der Waals surface area (Å²) >= 11 is 0. The van der Waals surface area contributed by atoms with Gasteiger partial charge in [0.05, 0.1) is 4.90 Å². The highest BCUT2D eigenvalue weighted by Crippen LogP contribution is 2.33. The summed E-state index contributed by atoms with van der Waals surface area (Å²) in [5, 5.41) is 8.93. The third-order valence-electron chi connectivity index (χ3n) is 3.48. The fourth-order valence-electron chi connectivity index (χ4n) is 2.30. The van der Waals surface area contributed by atoms with Crippen LogP contribution >= 0.6 is 0 Å². The first-order valence-electron chi connectivity index (χ1n) is 6.82. The zero-order valence-corrected chi connectivity index (χ0v) is 13.0. The third-order valence-corrected chi connectivity index (χ3v) is 4.40. The van der Waals surface area contributed by atoms with Crippen molar-refractivity contribution >= 4 is 10.0 Å². The zero-order valence-electron chi connectivity index (χ0n) is 12.2. The second-order valence-electron chi connectivity index (χ2n) is 5.07. The van der Waals surface area contributed by atoms with Gasteiger partial charge in [0.25, 0.3) is 6.43 Å². The van der Waals surface area contributed by atoms with E-state index in [0.717, 1.165) is 0 Å². The number of nitrogens with zero attached hydrogens (tertiary/aromatic N) is 1. The van der Waals surface area contributed by atoms with Gasteiger partial charge < -0.3 is 4.52 Å². The lowest BCUT2D eigenvalue weighted by Crippen LogP contribution is -2.11. The van der Waals surface area contributed by atoms with Crippen molar-refractivity contribution in [2.45, 2.75) is 11.3 Å². The summed E-state index contributed by atoms with van der Waals surface area (Å²) in [6.45, 7) is 0. The van der Waals surface area contributed by atoms with Crippen LogP contribution < -0.4 is 5.14 Å². The monoisotopic (exact) mass is 350 g/mol. The Kier molecular flexibility index (Phi) is 4.16. The quantitative estimate of drug-likeness (QED) is 0.779. The number of benzene rings is 2. The van der Waals surface area contributed by atoms with Crippen LogP contribution in [0.4, 0.5) is 8.78 Å². The first-order chi connectivity index (χ1) is 11.4. The number of hydrogen-bond donors (Lipinski definition) is 1. The summed E-state index contributed by atoms with van der Waals surface area (Å²) in [7, 11) is -3.79. The summed E-state index contributed by atoms with van der Waals surface area (Å²) < 4.78 is 53.3. The Morgan fingerprint density at radius 2 is 1.75 bits per heavy atom. The molecule has 0 aliphatic rings. The highest BCUT2D eigenvalue weighted by Gasteiger charge is 2.16. The van der Waals surface area contributed by atoms with Crippen LogP contribution in [0.3, 0.4) is 0 Å². The maximum Gasteiger partial charge on any atom is 0.263 e. The van der Waals surface area contributed by atoms with Gasteiger partial charge in [0.2, 0.25) is 10.0 Å². The largest absolute Gasteiger partial charge is 0.363 e. The smallest absolute Gasteiger partial charge is 0.263 e. The lowest BCUT2D eigenvalue weighted by atomic mass is 10.0. The first-order valence-corrected chi connectivity index (χ1v) is 8.37. The molecule has 0 aliphatic heterocycles. The second-order valence-corrected chi connectivity index (χ2v) is 6.63. The van der Waals surface area contributed by atoms with Crippen molar-refractivity contribution in [3.63, 3.8) is 0 Å². The minimum atomic E-state index is -3.79. The molecule has 0 amide bonds. The number of alkyl halides is 2. The molecule has 3 aromatic rings. The van der Waals surface area contributed by atoms with Crippen LogP contribution in [0, 0.1) is 0 Å². The van der Waals surface area contributed by atoms with Gasteiger partial charge in [-0.15, -0.1) is 0 Å². The number of rotatable bonds is 4. The van der Waals surface area contributed by atoms with E-state index in [1.165, 1.54) is 36.6 Å². The van der Waals surface area contributed by atoms with E-state index in [0.29, 0.717) is 22.4 Å². The van der Waals surface area contributed by atoms with Crippen LogP contribution in [0.15, 0.2) is 64.2 Å². The van der Waals surface area contributed by atoms with Crippen LogP contribution in [0.1, 0.15) is 12.0 Å². The van der Waals surface area contributed by atoms with E-state index >= 15 is 0 Å². The molecule has 1 aromatic heterocycles. The minimum Gasteiger partial charge on any atom is -0.363 e. The van der Waals surface area contributed by atoms with Crippen LogP contribution in [0.25, 0.3) is 22.4 Å². The Morgan fingerprint density at radius 3 is 2.38 bits per heavy atom. The third kappa shape index (κ3) is 3.19. The Labute approximate surface area is 136 Å². The fraction of sp³-hybridized carbons (Fsp3) is 0.0625. The van der Waals surface area contributed by atoms with E-state index in [1.54, 1.807) is 18.2 Å². The molecule has 1 heterocycles. The highest BCUT2D eigenvalue weighted by atomic mass is 32.2. The summed E-state index contributed by atoms with van der Waals surface area (Å²) in [5.41, 5.74) is 1.93. The number of aromatic nitrogens is 1. The molecule has 8 heteroatoms. The van der Waals surface area contributed by atoms with Crippen molar-refractivity contribution in [1.29, 1.82) is 0 Å². The summed E-state index contributed by atoms with van der Waals surface area (Å²) in [5.74, 6) is 0. The zero-order chi connectivity index (χ0) is 17.3. The summed E-state index contributed by atoms with van der Waals surface area (Å²) in [6.07, 6.45) is -1.22. The lowest BCUT2D eigenvalue weighted by molar-refractivity contribution is 0.151. The van der Waals surface area contributed by atoms with E-state index in [9.17, 15) is 17.2 Å². The number of sulfonamides is 1. The molecule has 0 saturated carbocycles. The Balaban J connectivity index is 2.04. The van der Waals surface area contributed by atoms with E-state index in [4.69, 9.17) is 9.66 Å². The van der Waals surface area contributed by atoms with Gasteiger partial charge in [0, 0.05) is 16.7 Å². The molecule has 3 rings (SSSR count). The number of hydrogen-bond acceptors (Lipinski definition) is 4. The standard InChI is InChI=1S/C16H12F2N2O3S/c17-16(18)12-3-1-2-11(8-12)15-14(9-23-20-15)10-4-6-13(7-5-10)24(19,21)22/h1-9,16H,(H2,19,21,22). The Hall–Kier alpha value is -2.58. The topological polar surface area (TPSA) is 86.2 Å². The molecule has 0 radical (unpaired) electrons. The van der Waals surface area contributed by atoms with Gasteiger partial charge in [-0.05, 0) is 23.8 Å². The second kappa shape index (κ2) is 6.14. The predicted octanol–water partition coefficient (Wildman–Crippen LogP) is 3.59. The molecule has 124 valence electrons. The highest BCUT2D eigenvalue weighted by molar-refractivity contribution is 7.89. The summed E-state index contributed by atoms with van der Waals surface area (Å²) in [6, 6.07) is 11.6. The Morgan fingerprint density at radius 1 is 1.04 bits per heavy atom. The maximum atomic E-state index is 12.9. The van der Waals surface area contributed by atoms with Gasteiger partial charge in [0.1, 0.15) is 12.0 Å². The molecule has 0 spiro atoms. The maximum absolute atomic E-state index is 12.9. The predicted molar refractivity (Wildman–Crippen MR) is 83.7 cm³/mol. The first kappa shape index (κ1) is 16.3. The molecule has 0 unspecified atom stereocenters. The van der Waals surface area contributed by atoms with E-state index in [2.05, 4.69) is 5.16 Å². The van der Waals surface area contributed by atoms with E-state index < -0.39 is 16.4 Å². The molecule has 0 aliphatic carbocycles. The summed E-state index contributed by atoms with van der Waals surface area (Å²) in [4.78, 5) is -0.0241. The molecule has 2 N–H and O–H groups in total. The van der Waals surface area contributed by atoms with Gasteiger partial charge in [0.15, 0.2) is 0 Å². The average molecular weight is 350 g/mol. The average Bonchev–Trinajstić information content (AvgIpc) is 3.04. The molecular weight excluding hydrogens is 338 g/mol. The van der Waals surface area contributed by atoms with Gasteiger partial charge in [-0.2, -0.15) is 0 Å². The van der Waals surface area contributed by atoms with Crippen molar-refractivity contribution < 1.29 is 21.7 Å². The molecule has 5 nitrogen and oxygen atoms in total. The molecule has 24 heavy (non-hydrogen) atoms. The van der Waals surface area contributed by atoms with Gasteiger partial charge in [-0.1, -0.05) is 35.5 Å². The van der Waals surface area contributed by atoms with Crippen LogP contribution in [0.5, 0.6) is 0 Å². The normalized spacial score (nSPS) is 11.8. The molecule has 0 bridgehead atoms. The van der Waals surface area contributed by atoms with Crippen molar-refractivity contribution in [2.75, 3.05) is 0 Å². The molecule has 0 fully saturated rings. The van der Waals surface area contributed by atoms with E-state index in [-0.39, 0.29) is 10.5 Å². The van der Waals surface area contributed by atoms with Crippen LogP contribution in [-0.2, 0) is 10.0 Å². The SMILES string of the molecule is NS(=O)(=O)c1ccc(-c2conc2-c2cccc(C(F)F)c2)cc1. The van der Waals surface area contributed by atoms with Gasteiger partial charge >= 0.3 is 0 Å². The molecule has 0 atom stereocenters. The molecule has 0 saturated heterocycles. The van der Waals surface area contributed by atoms with E-state index in [1.807, 2.05) is 0 Å². The Bertz CT molecular complexity index is 967. The van der Waals surface area contributed by atoms with Crippen molar-refractivity contribution in [2.24, 2.45) is 5.14 Å². The van der Waals surface area contributed by atoms with Crippen LogP contribution in [0.2, 0.25) is 0 Å². The fourth-order valence-corrected chi connectivity index (χ4v) is 2.81. The van der Waals surface area contributed by atoms with Crippen LogP contribution in [-0.4, -0.2) is 13.6 Å².